The maximum Gasteiger partial charge on any atom is 0.309 e. The average Bonchev–Trinajstić information content (AvgIpc) is 2.84. The van der Waals surface area contributed by atoms with Crippen LogP contribution in [0.5, 0.6) is 11.5 Å². The second-order valence-electron chi connectivity index (χ2n) is 8.14. The summed E-state index contributed by atoms with van der Waals surface area (Å²) in [6.45, 7) is 5.53. The van der Waals surface area contributed by atoms with Crippen LogP contribution in [0.25, 0.3) is 0 Å². The molecule has 0 amide bonds. The number of pyridine rings is 1. The van der Waals surface area contributed by atoms with Crippen LogP contribution in [-0.4, -0.2) is 35.1 Å². The van der Waals surface area contributed by atoms with Gasteiger partial charge in [-0.15, -0.1) is 11.8 Å². The normalized spacial score (nSPS) is 13.5. The average molecular weight is 480 g/mol. The molecular formula is C27H29NO5S. The van der Waals surface area contributed by atoms with Crippen molar-refractivity contribution in [2.24, 2.45) is 5.92 Å². The maximum absolute atomic E-state index is 12.9. The van der Waals surface area contributed by atoms with Crippen LogP contribution in [0.1, 0.15) is 47.1 Å². The first-order valence-corrected chi connectivity index (χ1v) is 11.9. The van der Waals surface area contributed by atoms with Gasteiger partial charge < -0.3 is 14.6 Å². The van der Waals surface area contributed by atoms with Crippen LogP contribution < -0.4 is 4.74 Å². The number of rotatable bonds is 10. The molecular weight excluding hydrogens is 450 g/mol. The molecule has 0 saturated carbocycles. The van der Waals surface area contributed by atoms with E-state index >= 15 is 0 Å². The van der Waals surface area contributed by atoms with E-state index in [0.717, 1.165) is 10.5 Å². The largest absolute Gasteiger partial charge is 0.503 e. The van der Waals surface area contributed by atoms with Crippen molar-refractivity contribution in [1.82, 2.24) is 4.98 Å². The number of benzene rings is 2. The standard InChI is InChI=1S/C27H29NO5S/c1-17-10-12-21(13-11-17)34-26(20-8-6-5-7-9-20)19(3)33-27(31)18(2)16-22(29)24-25(30)23(32-4)14-15-28-24/h5-15,18-19,26,30H,16H2,1-4H3/t18-,19+,26+/m1/s1. The molecule has 34 heavy (non-hydrogen) atoms. The molecule has 0 aliphatic heterocycles. The fraction of sp³-hybridized carbons (Fsp3) is 0.296. The van der Waals surface area contributed by atoms with Gasteiger partial charge >= 0.3 is 5.97 Å². The van der Waals surface area contributed by atoms with E-state index in [1.807, 2.05) is 44.2 Å². The van der Waals surface area contributed by atoms with Gasteiger partial charge in [-0.2, -0.15) is 0 Å². The molecule has 0 aliphatic carbocycles. The Balaban J connectivity index is 1.70. The Bertz CT molecular complexity index is 1120. The zero-order chi connectivity index (χ0) is 24.7. The quantitative estimate of drug-likeness (QED) is 0.224. The van der Waals surface area contributed by atoms with Crippen molar-refractivity contribution in [3.05, 3.63) is 83.7 Å². The number of aromatic nitrogens is 1. The lowest BCUT2D eigenvalue weighted by Gasteiger charge is -2.25. The van der Waals surface area contributed by atoms with Crippen molar-refractivity contribution in [2.45, 2.75) is 43.4 Å². The summed E-state index contributed by atoms with van der Waals surface area (Å²) in [4.78, 5) is 30.6. The van der Waals surface area contributed by atoms with Crippen molar-refractivity contribution in [2.75, 3.05) is 7.11 Å². The topological polar surface area (TPSA) is 85.7 Å². The smallest absolute Gasteiger partial charge is 0.309 e. The lowest BCUT2D eigenvalue weighted by molar-refractivity contribution is -0.152. The number of ether oxygens (including phenoxy) is 2. The van der Waals surface area contributed by atoms with E-state index in [-0.39, 0.29) is 28.9 Å². The minimum Gasteiger partial charge on any atom is -0.503 e. The first kappa shape index (κ1) is 25.3. The predicted molar refractivity (Wildman–Crippen MR) is 132 cm³/mol. The highest BCUT2D eigenvalue weighted by Gasteiger charge is 2.28. The fourth-order valence-electron chi connectivity index (χ4n) is 3.47. The minimum atomic E-state index is -0.705. The molecule has 3 atom stereocenters. The fourth-order valence-corrected chi connectivity index (χ4v) is 4.59. The van der Waals surface area contributed by atoms with Crippen molar-refractivity contribution >= 4 is 23.5 Å². The number of Topliss-reactive ketones (excluding diaryl/α,β-unsaturated/α-hetero) is 1. The Morgan fingerprint density at radius 2 is 1.71 bits per heavy atom. The zero-order valence-corrected chi connectivity index (χ0v) is 20.5. The van der Waals surface area contributed by atoms with Gasteiger partial charge in [-0.25, -0.2) is 4.98 Å². The molecule has 0 radical (unpaired) electrons. The maximum atomic E-state index is 12.9. The van der Waals surface area contributed by atoms with E-state index in [9.17, 15) is 14.7 Å². The van der Waals surface area contributed by atoms with E-state index in [1.54, 1.807) is 18.7 Å². The van der Waals surface area contributed by atoms with Crippen LogP contribution in [0.2, 0.25) is 0 Å². The number of carbonyl (C=O) groups excluding carboxylic acids is 2. The Kier molecular flexibility index (Phi) is 8.71. The summed E-state index contributed by atoms with van der Waals surface area (Å²) < 4.78 is 10.8. The summed E-state index contributed by atoms with van der Waals surface area (Å²) in [5, 5.41) is 10.1. The first-order valence-electron chi connectivity index (χ1n) is 11.0. The van der Waals surface area contributed by atoms with Crippen LogP contribution in [0, 0.1) is 12.8 Å². The van der Waals surface area contributed by atoms with E-state index in [4.69, 9.17) is 9.47 Å². The van der Waals surface area contributed by atoms with Gasteiger partial charge in [0.1, 0.15) is 6.10 Å². The van der Waals surface area contributed by atoms with Crippen molar-refractivity contribution in [3.8, 4) is 11.5 Å². The Hall–Kier alpha value is -3.32. The van der Waals surface area contributed by atoms with Crippen LogP contribution in [-0.2, 0) is 9.53 Å². The molecule has 3 aromatic rings. The molecule has 2 aromatic carbocycles. The van der Waals surface area contributed by atoms with Crippen molar-refractivity contribution in [1.29, 1.82) is 0 Å². The van der Waals surface area contributed by atoms with Crippen LogP contribution in [0.4, 0.5) is 0 Å². The van der Waals surface area contributed by atoms with Gasteiger partial charge in [0.2, 0.25) is 0 Å². The second kappa shape index (κ2) is 11.7. The third-order valence-electron chi connectivity index (χ3n) is 5.41. The number of nitrogens with zero attached hydrogens (tertiary/aromatic N) is 1. The SMILES string of the molecule is COc1ccnc(C(=O)C[C@@H](C)C(=O)O[C@@H](C)[C@H](Sc2ccc(C)cc2)c2ccccc2)c1O. The number of aryl methyl sites for hydroxylation is 1. The molecule has 3 rings (SSSR count). The summed E-state index contributed by atoms with van der Waals surface area (Å²) in [6.07, 6.45) is 0.798. The Labute approximate surface area is 204 Å². The van der Waals surface area contributed by atoms with E-state index in [0.29, 0.717) is 0 Å². The Morgan fingerprint density at radius 3 is 2.35 bits per heavy atom. The number of hydrogen-bond acceptors (Lipinski definition) is 7. The number of hydrogen-bond donors (Lipinski definition) is 1. The summed E-state index contributed by atoms with van der Waals surface area (Å²) in [5.41, 5.74) is 2.10. The van der Waals surface area contributed by atoms with Crippen LogP contribution >= 0.6 is 11.8 Å². The molecule has 0 saturated heterocycles. The summed E-state index contributed by atoms with van der Waals surface area (Å²) in [6, 6.07) is 19.6. The van der Waals surface area contributed by atoms with Crippen molar-refractivity contribution in [3.63, 3.8) is 0 Å². The van der Waals surface area contributed by atoms with Gasteiger partial charge in [-0.05, 0) is 31.5 Å². The lowest BCUT2D eigenvalue weighted by Crippen LogP contribution is -2.26. The second-order valence-corrected chi connectivity index (χ2v) is 9.36. The molecule has 178 valence electrons. The van der Waals surface area contributed by atoms with Gasteiger partial charge in [0, 0.05) is 23.6 Å². The highest BCUT2D eigenvalue weighted by atomic mass is 32.2. The van der Waals surface area contributed by atoms with E-state index in [1.165, 1.54) is 24.9 Å². The third-order valence-corrected chi connectivity index (χ3v) is 6.86. The number of carbonyl (C=O) groups is 2. The van der Waals surface area contributed by atoms with Gasteiger partial charge in [0.15, 0.2) is 23.0 Å². The molecule has 0 spiro atoms. The summed E-state index contributed by atoms with van der Waals surface area (Å²) in [7, 11) is 1.39. The number of ketones is 1. The number of thioether (sulfide) groups is 1. The molecule has 7 heteroatoms. The van der Waals surface area contributed by atoms with Crippen LogP contribution in [0.3, 0.4) is 0 Å². The van der Waals surface area contributed by atoms with Gasteiger partial charge in [0.05, 0.1) is 18.3 Å². The summed E-state index contributed by atoms with van der Waals surface area (Å²) in [5.74, 6) is -1.82. The van der Waals surface area contributed by atoms with Crippen molar-refractivity contribution < 1.29 is 24.2 Å². The molecule has 0 unspecified atom stereocenters. The molecule has 1 N–H and O–H groups in total. The van der Waals surface area contributed by atoms with Crippen LogP contribution in [0.15, 0.2) is 71.8 Å². The molecule has 0 bridgehead atoms. The molecule has 0 aliphatic rings. The minimum absolute atomic E-state index is 0.121. The van der Waals surface area contributed by atoms with Gasteiger partial charge in [-0.1, -0.05) is 55.0 Å². The van der Waals surface area contributed by atoms with E-state index < -0.39 is 23.8 Å². The predicted octanol–water partition coefficient (Wildman–Crippen LogP) is 5.78. The number of aromatic hydroxyl groups is 1. The van der Waals surface area contributed by atoms with Gasteiger partial charge in [-0.3, -0.25) is 9.59 Å². The molecule has 0 fully saturated rings. The lowest BCUT2D eigenvalue weighted by atomic mass is 10.0. The zero-order valence-electron chi connectivity index (χ0n) is 19.7. The molecule has 6 nitrogen and oxygen atoms in total. The third kappa shape index (κ3) is 6.38. The monoisotopic (exact) mass is 479 g/mol. The highest BCUT2D eigenvalue weighted by Crippen LogP contribution is 2.39. The number of methoxy groups -OCH3 is 1. The Morgan fingerprint density at radius 1 is 1.03 bits per heavy atom. The first-order chi connectivity index (χ1) is 16.3. The molecule has 1 aromatic heterocycles. The van der Waals surface area contributed by atoms with E-state index in [2.05, 4.69) is 29.2 Å². The molecule has 1 heterocycles. The van der Waals surface area contributed by atoms with Gasteiger partial charge in [0.25, 0.3) is 0 Å². The number of esters is 1. The highest BCUT2D eigenvalue weighted by molar-refractivity contribution is 7.99. The summed E-state index contributed by atoms with van der Waals surface area (Å²) >= 11 is 1.63.